The first-order valence-electron chi connectivity index (χ1n) is 5.43. The lowest BCUT2D eigenvalue weighted by atomic mass is 10.0. The third-order valence-corrected chi connectivity index (χ3v) is 2.63. The molecule has 0 unspecified atom stereocenters. The van der Waals surface area contributed by atoms with Crippen molar-refractivity contribution in [1.29, 1.82) is 0 Å². The number of halogens is 4. The average Bonchev–Trinajstić information content (AvgIpc) is 2.37. The van der Waals surface area contributed by atoms with E-state index < -0.39 is 23.3 Å². The molecule has 2 rings (SSSR count). The SMILES string of the molecule is COc1ncc(F)cc1-c1ccc(C(F)(F)F)cc1O. The molecular formula is C13H9F4NO2. The van der Waals surface area contributed by atoms with E-state index >= 15 is 0 Å². The molecule has 3 nitrogen and oxygen atoms in total. The highest BCUT2D eigenvalue weighted by molar-refractivity contribution is 5.74. The van der Waals surface area contributed by atoms with Crippen LogP contribution in [0.4, 0.5) is 17.6 Å². The first kappa shape index (κ1) is 14.1. The van der Waals surface area contributed by atoms with Gasteiger partial charge in [-0.15, -0.1) is 0 Å². The van der Waals surface area contributed by atoms with Gasteiger partial charge in [0.15, 0.2) is 0 Å². The predicted octanol–water partition coefficient (Wildman–Crippen LogP) is 3.62. The first-order chi connectivity index (χ1) is 9.32. The summed E-state index contributed by atoms with van der Waals surface area (Å²) in [6, 6.07) is 3.42. The highest BCUT2D eigenvalue weighted by atomic mass is 19.4. The molecule has 0 bridgehead atoms. The van der Waals surface area contributed by atoms with Gasteiger partial charge in [0, 0.05) is 5.56 Å². The van der Waals surface area contributed by atoms with Crippen LogP contribution in [0.3, 0.4) is 0 Å². The van der Waals surface area contributed by atoms with Crippen molar-refractivity contribution >= 4 is 0 Å². The van der Waals surface area contributed by atoms with Crippen LogP contribution in [-0.2, 0) is 6.18 Å². The van der Waals surface area contributed by atoms with Crippen LogP contribution in [0.15, 0.2) is 30.5 Å². The fourth-order valence-electron chi connectivity index (χ4n) is 1.72. The molecule has 7 heteroatoms. The lowest BCUT2D eigenvalue weighted by molar-refractivity contribution is -0.137. The molecule has 1 heterocycles. The molecule has 0 aliphatic carbocycles. The Kier molecular flexibility index (Phi) is 3.52. The second kappa shape index (κ2) is 4.99. The zero-order valence-electron chi connectivity index (χ0n) is 10.2. The summed E-state index contributed by atoms with van der Waals surface area (Å²) in [4.78, 5) is 3.65. The molecule has 0 fully saturated rings. The van der Waals surface area contributed by atoms with Gasteiger partial charge < -0.3 is 9.84 Å². The lowest BCUT2D eigenvalue weighted by Crippen LogP contribution is -2.04. The van der Waals surface area contributed by atoms with Crippen LogP contribution in [0.2, 0.25) is 0 Å². The lowest BCUT2D eigenvalue weighted by Gasteiger charge is -2.12. The number of aromatic hydroxyl groups is 1. The maximum absolute atomic E-state index is 13.2. The molecule has 0 aliphatic rings. The molecule has 1 N–H and O–H groups in total. The van der Waals surface area contributed by atoms with Gasteiger partial charge in [-0.3, -0.25) is 0 Å². The van der Waals surface area contributed by atoms with E-state index in [4.69, 9.17) is 4.74 Å². The standard InChI is InChI=1S/C13H9F4NO2/c1-20-12-10(5-8(14)6-18-12)9-3-2-7(4-11(9)19)13(15,16)17/h2-6,19H,1H3. The Morgan fingerprint density at radius 3 is 2.40 bits per heavy atom. The van der Waals surface area contributed by atoms with Gasteiger partial charge in [0.2, 0.25) is 5.88 Å². The van der Waals surface area contributed by atoms with E-state index in [0.717, 1.165) is 24.4 Å². The van der Waals surface area contributed by atoms with Crippen LogP contribution in [-0.4, -0.2) is 17.2 Å². The Bertz CT molecular complexity index is 641. The summed E-state index contributed by atoms with van der Waals surface area (Å²) in [6.07, 6.45) is -3.66. The van der Waals surface area contributed by atoms with Crippen molar-refractivity contribution in [3.05, 3.63) is 41.8 Å². The van der Waals surface area contributed by atoms with Crippen molar-refractivity contribution < 1.29 is 27.4 Å². The van der Waals surface area contributed by atoms with Crippen molar-refractivity contribution in [3.8, 4) is 22.8 Å². The third-order valence-electron chi connectivity index (χ3n) is 2.63. The number of pyridine rings is 1. The van der Waals surface area contributed by atoms with Gasteiger partial charge in [-0.1, -0.05) is 0 Å². The van der Waals surface area contributed by atoms with Crippen LogP contribution >= 0.6 is 0 Å². The maximum Gasteiger partial charge on any atom is 0.416 e. The van der Waals surface area contributed by atoms with Crippen molar-refractivity contribution in [3.63, 3.8) is 0 Å². The van der Waals surface area contributed by atoms with Crippen molar-refractivity contribution in [2.24, 2.45) is 0 Å². The number of methoxy groups -OCH3 is 1. The molecule has 106 valence electrons. The van der Waals surface area contributed by atoms with E-state index in [1.807, 2.05) is 0 Å². The van der Waals surface area contributed by atoms with Crippen LogP contribution in [0.1, 0.15) is 5.56 Å². The summed E-state index contributed by atoms with van der Waals surface area (Å²) >= 11 is 0. The average molecular weight is 287 g/mol. The molecule has 2 aromatic rings. The number of rotatable bonds is 2. The number of phenolic OH excluding ortho intramolecular Hbond substituents is 1. The molecule has 1 aromatic carbocycles. The second-order valence-electron chi connectivity index (χ2n) is 3.94. The molecule has 0 atom stereocenters. The maximum atomic E-state index is 13.2. The molecule has 0 saturated carbocycles. The number of hydrogen-bond acceptors (Lipinski definition) is 3. The minimum atomic E-state index is -4.57. The Balaban J connectivity index is 2.57. The minimum absolute atomic E-state index is 0.00135. The van der Waals surface area contributed by atoms with E-state index in [1.54, 1.807) is 0 Å². The Morgan fingerprint density at radius 1 is 1.15 bits per heavy atom. The smallest absolute Gasteiger partial charge is 0.416 e. The van der Waals surface area contributed by atoms with E-state index in [1.165, 1.54) is 7.11 Å². The molecule has 1 aromatic heterocycles. The topological polar surface area (TPSA) is 42.4 Å². The van der Waals surface area contributed by atoms with E-state index in [-0.39, 0.29) is 17.0 Å². The van der Waals surface area contributed by atoms with Gasteiger partial charge in [-0.2, -0.15) is 13.2 Å². The summed E-state index contributed by atoms with van der Waals surface area (Å²) < 4.78 is 55.6. The zero-order chi connectivity index (χ0) is 14.9. The number of phenols is 1. The summed E-state index contributed by atoms with van der Waals surface area (Å²) in [7, 11) is 1.28. The Morgan fingerprint density at radius 2 is 1.85 bits per heavy atom. The largest absolute Gasteiger partial charge is 0.507 e. The van der Waals surface area contributed by atoms with E-state index in [0.29, 0.717) is 6.07 Å². The van der Waals surface area contributed by atoms with Gasteiger partial charge in [0.05, 0.1) is 24.4 Å². The van der Waals surface area contributed by atoms with E-state index in [9.17, 15) is 22.7 Å². The second-order valence-corrected chi connectivity index (χ2v) is 3.94. The molecule has 0 saturated heterocycles. The normalized spacial score (nSPS) is 11.4. The summed E-state index contributed by atoms with van der Waals surface area (Å²) in [5.41, 5.74) is -0.928. The Labute approximate surface area is 111 Å². The molecular weight excluding hydrogens is 278 g/mol. The van der Waals surface area contributed by atoms with Crippen molar-refractivity contribution in [1.82, 2.24) is 4.98 Å². The number of benzene rings is 1. The Hall–Kier alpha value is -2.31. The molecule has 20 heavy (non-hydrogen) atoms. The number of nitrogens with zero attached hydrogens (tertiary/aromatic N) is 1. The quantitative estimate of drug-likeness (QED) is 0.858. The summed E-state index contributed by atoms with van der Waals surface area (Å²) in [5, 5.41) is 9.71. The molecule has 0 amide bonds. The van der Waals surface area contributed by atoms with Crippen molar-refractivity contribution in [2.45, 2.75) is 6.18 Å². The van der Waals surface area contributed by atoms with Crippen LogP contribution in [0.25, 0.3) is 11.1 Å². The fraction of sp³-hybridized carbons (Fsp3) is 0.154. The number of alkyl halides is 3. The highest BCUT2D eigenvalue weighted by Gasteiger charge is 2.31. The van der Waals surface area contributed by atoms with Gasteiger partial charge >= 0.3 is 6.18 Å². The van der Waals surface area contributed by atoms with Gasteiger partial charge in [-0.05, 0) is 24.3 Å². The van der Waals surface area contributed by atoms with Gasteiger partial charge in [-0.25, -0.2) is 9.37 Å². The predicted molar refractivity (Wildman–Crippen MR) is 62.8 cm³/mol. The molecule has 0 radical (unpaired) electrons. The molecule has 0 spiro atoms. The fourth-order valence-corrected chi connectivity index (χ4v) is 1.72. The summed E-state index contributed by atoms with van der Waals surface area (Å²) in [6.45, 7) is 0. The minimum Gasteiger partial charge on any atom is -0.507 e. The van der Waals surface area contributed by atoms with Gasteiger partial charge in [0.25, 0.3) is 0 Å². The highest BCUT2D eigenvalue weighted by Crippen LogP contribution is 2.39. The monoisotopic (exact) mass is 287 g/mol. The zero-order valence-corrected chi connectivity index (χ0v) is 10.2. The number of hydrogen-bond donors (Lipinski definition) is 1. The number of aromatic nitrogens is 1. The molecule has 0 aliphatic heterocycles. The first-order valence-corrected chi connectivity index (χ1v) is 5.43. The third kappa shape index (κ3) is 2.66. The summed E-state index contributed by atoms with van der Waals surface area (Å²) in [5.74, 6) is -1.33. The van der Waals surface area contributed by atoms with Gasteiger partial charge in [0.1, 0.15) is 11.6 Å². The van der Waals surface area contributed by atoms with Crippen molar-refractivity contribution in [2.75, 3.05) is 7.11 Å². The van der Waals surface area contributed by atoms with E-state index in [2.05, 4.69) is 4.98 Å². The van der Waals surface area contributed by atoms with Crippen LogP contribution < -0.4 is 4.74 Å². The number of ether oxygens (including phenoxy) is 1. The van der Waals surface area contributed by atoms with Crippen LogP contribution in [0, 0.1) is 5.82 Å². The van der Waals surface area contributed by atoms with Crippen LogP contribution in [0.5, 0.6) is 11.6 Å².